The summed E-state index contributed by atoms with van der Waals surface area (Å²) < 4.78 is 32.2. The molecule has 0 radical (unpaired) electrons. The number of nitrogens with zero attached hydrogens (tertiary/aromatic N) is 9. The summed E-state index contributed by atoms with van der Waals surface area (Å²) >= 11 is 0. The standard InChI is InChI=1S/C21H28N10O4S/c1-36(33,34)31-6-4-28(5-7-31)16(32)2-3-30-14-25-17-19(29-8-10-35-11-9-29)26-18(27-20(17)30)15-12-23-21(22)24-13-15/h12-14H,2-11H2,1H3,(H2,22,23,24). The smallest absolute Gasteiger partial charge is 0.224 e. The van der Waals surface area contributed by atoms with Gasteiger partial charge in [0.05, 0.1) is 31.4 Å². The van der Waals surface area contributed by atoms with Crippen LogP contribution >= 0.6 is 0 Å². The fourth-order valence-electron chi connectivity index (χ4n) is 4.31. The molecule has 2 N–H and O–H groups in total. The van der Waals surface area contributed by atoms with E-state index in [2.05, 4.69) is 19.9 Å². The maximum atomic E-state index is 12.9. The Bertz CT molecular complexity index is 1350. The van der Waals surface area contributed by atoms with E-state index in [-0.39, 0.29) is 18.3 Å². The molecule has 0 bridgehead atoms. The van der Waals surface area contributed by atoms with Crippen LogP contribution in [-0.2, 0) is 26.1 Å². The predicted molar refractivity (Wildman–Crippen MR) is 131 cm³/mol. The molecule has 1 amide bonds. The van der Waals surface area contributed by atoms with Gasteiger partial charge in [0, 0.05) is 64.6 Å². The summed E-state index contributed by atoms with van der Waals surface area (Å²) in [6.07, 6.45) is 6.25. The molecule has 0 atom stereocenters. The van der Waals surface area contributed by atoms with Gasteiger partial charge >= 0.3 is 0 Å². The third kappa shape index (κ3) is 5.08. The fraction of sp³-hybridized carbons (Fsp3) is 0.524. The van der Waals surface area contributed by atoms with Gasteiger partial charge in [0.25, 0.3) is 0 Å². The van der Waals surface area contributed by atoms with Gasteiger partial charge in [0.15, 0.2) is 22.8 Å². The first-order chi connectivity index (χ1) is 17.3. The number of hydrogen-bond donors (Lipinski definition) is 1. The van der Waals surface area contributed by atoms with Gasteiger partial charge in [0.2, 0.25) is 21.9 Å². The molecule has 2 saturated heterocycles. The van der Waals surface area contributed by atoms with Gasteiger partial charge in [-0.2, -0.15) is 4.31 Å². The van der Waals surface area contributed by atoms with Gasteiger partial charge in [-0.1, -0.05) is 0 Å². The molecular formula is C21H28N10O4S. The SMILES string of the molecule is CS(=O)(=O)N1CCN(C(=O)CCn2cnc3c(N4CCOCC4)nc(-c4cnc(N)nc4)nc32)CC1. The molecule has 2 fully saturated rings. The summed E-state index contributed by atoms with van der Waals surface area (Å²) in [6, 6.07) is 0. The second kappa shape index (κ2) is 9.91. The van der Waals surface area contributed by atoms with E-state index in [9.17, 15) is 13.2 Å². The molecule has 0 spiro atoms. The van der Waals surface area contributed by atoms with Crippen LogP contribution in [0.4, 0.5) is 11.8 Å². The van der Waals surface area contributed by atoms with Gasteiger partial charge in [-0.25, -0.2) is 33.3 Å². The number of sulfonamides is 1. The Morgan fingerprint density at radius 1 is 1.03 bits per heavy atom. The number of morpholine rings is 1. The van der Waals surface area contributed by atoms with Crippen molar-refractivity contribution in [2.45, 2.75) is 13.0 Å². The molecule has 192 valence electrons. The number of piperazine rings is 1. The third-order valence-corrected chi connectivity index (χ3v) is 7.62. The normalized spacial score (nSPS) is 17.6. The van der Waals surface area contributed by atoms with Crippen LogP contribution in [0.1, 0.15) is 6.42 Å². The number of hydrogen-bond acceptors (Lipinski definition) is 11. The van der Waals surface area contributed by atoms with Crippen molar-refractivity contribution in [2.24, 2.45) is 0 Å². The van der Waals surface area contributed by atoms with Crippen LogP contribution in [0.2, 0.25) is 0 Å². The number of rotatable bonds is 6. The Labute approximate surface area is 208 Å². The minimum atomic E-state index is -3.25. The number of carbonyl (C=O) groups is 1. The average Bonchev–Trinajstić information content (AvgIpc) is 3.30. The van der Waals surface area contributed by atoms with E-state index in [0.29, 0.717) is 87.4 Å². The lowest BCUT2D eigenvalue weighted by atomic mass is 10.3. The summed E-state index contributed by atoms with van der Waals surface area (Å²) in [5, 5.41) is 0. The maximum Gasteiger partial charge on any atom is 0.224 e. The Morgan fingerprint density at radius 3 is 2.39 bits per heavy atom. The maximum absolute atomic E-state index is 12.9. The Balaban J connectivity index is 1.38. The third-order valence-electron chi connectivity index (χ3n) is 6.31. The first-order valence-electron chi connectivity index (χ1n) is 11.7. The van der Waals surface area contributed by atoms with Crippen molar-refractivity contribution in [3.63, 3.8) is 0 Å². The highest BCUT2D eigenvalue weighted by Gasteiger charge is 2.26. The highest BCUT2D eigenvalue weighted by molar-refractivity contribution is 7.88. The van der Waals surface area contributed by atoms with E-state index in [1.165, 1.54) is 10.6 Å². The molecule has 2 aliphatic heterocycles. The predicted octanol–water partition coefficient (Wildman–Crippen LogP) is -0.804. The van der Waals surface area contributed by atoms with Gasteiger partial charge < -0.3 is 24.8 Å². The van der Waals surface area contributed by atoms with E-state index in [4.69, 9.17) is 20.4 Å². The topological polar surface area (TPSA) is 166 Å². The van der Waals surface area contributed by atoms with E-state index in [1.807, 2.05) is 4.57 Å². The average molecular weight is 517 g/mol. The van der Waals surface area contributed by atoms with Gasteiger partial charge in [-0.15, -0.1) is 0 Å². The first kappa shape index (κ1) is 24.3. The molecule has 0 unspecified atom stereocenters. The van der Waals surface area contributed by atoms with Crippen molar-refractivity contribution >= 4 is 38.9 Å². The van der Waals surface area contributed by atoms with Crippen LogP contribution in [0.3, 0.4) is 0 Å². The number of nitrogen functional groups attached to an aromatic ring is 1. The summed E-state index contributed by atoms with van der Waals surface area (Å²) in [5.41, 5.74) is 7.51. The second-order valence-corrected chi connectivity index (χ2v) is 10.7. The number of nitrogens with two attached hydrogens (primary N) is 1. The molecule has 5 rings (SSSR count). The van der Waals surface area contributed by atoms with Crippen LogP contribution in [0.25, 0.3) is 22.6 Å². The minimum absolute atomic E-state index is 0.0420. The molecular weight excluding hydrogens is 488 g/mol. The first-order valence-corrected chi connectivity index (χ1v) is 13.5. The summed E-state index contributed by atoms with van der Waals surface area (Å²) in [6.45, 7) is 4.27. The largest absolute Gasteiger partial charge is 0.378 e. The van der Waals surface area contributed by atoms with Gasteiger partial charge in [-0.05, 0) is 0 Å². The summed E-state index contributed by atoms with van der Waals surface area (Å²) in [4.78, 5) is 38.9. The lowest BCUT2D eigenvalue weighted by Gasteiger charge is -2.33. The molecule has 36 heavy (non-hydrogen) atoms. The highest BCUT2D eigenvalue weighted by Crippen LogP contribution is 2.27. The Hall–Kier alpha value is -3.43. The molecule has 3 aromatic rings. The van der Waals surface area contributed by atoms with Crippen molar-refractivity contribution in [2.75, 3.05) is 69.4 Å². The number of anilines is 2. The van der Waals surface area contributed by atoms with Crippen LogP contribution in [0.5, 0.6) is 0 Å². The van der Waals surface area contributed by atoms with E-state index in [1.54, 1.807) is 23.6 Å². The van der Waals surface area contributed by atoms with Crippen molar-refractivity contribution in [3.8, 4) is 11.4 Å². The zero-order valence-corrected chi connectivity index (χ0v) is 20.8. The summed E-state index contributed by atoms with van der Waals surface area (Å²) in [5.74, 6) is 1.25. The highest BCUT2D eigenvalue weighted by atomic mass is 32.2. The number of carbonyl (C=O) groups excluding carboxylic acids is 1. The van der Waals surface area contributed by atoms with Crippen molar-refractivity contribution in [1.29, 1.82) is 0 Å². The number of fused-ring (bicyclic) bond motifs is 1. The van der Waals surface area contributed by atoms with Crippen molar-refractivity contribution < 1.29 is 17.9 Å². The van der Waals surface area contributed by atoms with Gasteiger partial charge in [0.1, 0.15) is 0 Å². The molecule has 15 heteroatoms. The molecule has 3 aromatic heterocycles. The molecule has 5 heterocycles. The van der Waals surface area contributed by atoms with Crippen LogP contribution in [0.15, 0.2) is 18.7 Å². The second-order valence-electron chi connectivity index (χ2n) is 8.70. The lowest BCUT2D eigenvalue weighted by Crippen LogP contribution is -2.50. The zero-order chi connectivity index (χ0) is 25.3. The van der Waals surface area contributed by atoms with Crippen molar-refractivity contribution in [3.05, 3.63) is 18.7 Å². The van der Waals surface area contributed by atoms with Crippen LogP contribution in [-0.4, -0.2) is 112 Å². The van der Waals surface area contributed by atoms with Gasteiger partial charge in [-0.3, -0.25) is 4.79 Å². The molecule has 0 aliphatic carbocycles. The number of aromatic nitrogens is 6. The Kier molecular flexibility index (Phi) is 6.68. The van der Waals surface area contributed by atoms with Crippen LogP contribution in [0, 0.1) is 0 Å². The van der Waals surface area contributed by atoms with E-state index < -0.39 is 10.0 Å². The van der Waals surface area contributed by atoms with E-state index in [0.717, 1.165) is 0 Å². The van der Waals surface area contributed by atoms with Crippen LogP contribution < -0.4 is 10.6 Å². The fourth-order valence-corrected chi connectivity index (χ4v) is 5.14. The molecule has 0 aromatic carbocycles. The molecule has 0 saturated carbocycles. The van der Waals surface area contributed by atoms with Crippen molar-refractivity contribution in [1.82, 2.24) is 38.7 Å². The minimum Gasteiger partial charge on any atom is -0.378 e. The number of imidazole rings is 1. The Morgan fingerprint density at radius 2 is 1.72 bits per heavy atom. The monoisotopic (exact) mass is 516 g/mol. The number of aryl methyl sites for hydroxylation is 1. The van der Waals surface area contributed by atoms with E-state index >= 15 is 0 Å². The lowest BCUT2D eigenvalue weighted by molar-refractivity contribution is -0.132. The quantitative estimate of drug-likeness (QED) is 0.436. The number of amides is 1. The molecule has 14 nitrogen and oxygen atoms in total. The number of ether oxygens (including phenoxy) is 1. The molecule has 2 aliphatic rings. The summed E-state index contributed by atoms with van der Waals surface area (Å²) in [7, 11) is -3.25. The zero-order valence-electron chi connectivity index (χ0n) is 19.9.